The van der Waals surface area contributed by atoms with Gasteiger partial charge < -0.3 is 9.80 Å². The topological polar surface area (TPSA) is 36.4 Å². The van der Waals surface area contributed by atoms with Crippen molar-refractivity contribution in [1.29, 1.82) is 0 Å². The average Bonchev–Trinajstić information content (AvgIpc) is 2.62. The molecular formula is C19H23N3O. The van der Waals surface area contributed by atoms with Crippen LogP contribution in [-0.2, 0) is 0 Å². The fourth-order valence-corrected chi connectivity index (χ4v) is 2.89. The van der Waals surface area contributed by atoms with E-state index in [1.807, 2.05) is 54.4 Å². The number of likely N-dealkylation sites (tertiary alicyclic amines) is 1. The van der Waals surface area contributed by atoms with Crippen LogP contribution in [0.25, 0.3) is 0 Å². The Hall–Kier alpha value is -2.36. The summed E-state index contributed by atoms with van der Waals surface area (Å²) >= 11 is 0. The van der Waals surface area contributed by atoms with Gasteiger partial charge in [0.2, 0.25) is 0 Å². The molecule has 1 aromatic heterocycles. The van der Waals surface area contributed by atoms with Gasteiger partial charge in [0.15, 0.2) is 0 Å². The molecule has 1 aliphatic rings. The van der Waals surface area contributed by atoms with Crippen LogP contribution in [0.2, 0.25) is 0 Å². The van der Waals surface area contributed by atoms with E-state index in [1.54, 1.807) is 6.20 Å². The monoisotopic (exact) mass is 309 g/mol. The van der Waals surface area contributed by atoms with E-state index in [9.17, 15) is 4.79 Å². The first-order valence-corrected chi connectivity index (χ1v) is 8.19. The predicted molar refractivity (Wildman–Crippen MR) is 93.0 cm³/mol. The van der Waals surface area contributed by atoms with Crippen LogP contribution >= 0.6 is 0 Å². The second kappa shape index (κ2) is 6.82. The number of benzene rings is 1. The number of carbonyl (C=O) groups excluding carboxylic acids is 1. The Morgan fingerprint density at radius 1 is 1.09 bits per heavy atom. The van der Waals surface area contributed by atoms with Crippen molar-refractivity contribution >= 4 is 17.3 Å². The Morgan fingerprint density at radius 2 is 1.78 bits per heavy atom. The third kappa shape index (κ3) is 3.52. The molecule has 0 saturated carbocycles. The van der Waals surface area contributed by atoms with E-state index < -0.39 is 0 Å². The van der Waals surface area contributed by atoms with Crippen LogP contribution in [0.3, 0.4) is 0 Å². The second-order valence-corrected chi connectivity index (χ2v) is 6.27. The zero-order valence-corrected chi connectivity index (χ0v) is 13.8. The maximum absolute atomic E-state index is 12.5. The van der Waals surface area contributed by atoms with Crippen LogP contribution in [-0.4, -0.2) is 35.9 Å². The summed E-state index contributed by atoms with van der Waals surface area (Å²) in [4.78, 5) is 20.9. The lowest BCUT2D eigenvalue weighted by Gasteiger charge is -2.30. The Bertz CT molecular complexity index is 646. The summed E-state index contributed by atoms with van der Waals surface area (Å²) in [6.45, 7) is 3.93. The summed E-state index contributed by atoms with van der Waals surface area (Å²) < 4.78 is 0. The molecule has 0 aliphatic carbocycles. The van der Waals surface area contributed by atoms with Crippen LogP contribution in [0.15, 0.2) is 48.7 Å². The van der Waals surface area contributed by atoms with Crippen LogP contribution in [0.4, 0.5) is 11.4 Å². The van der Waals surface area contributed by atoms with Crippen molar-refractivity contribution in [3.05, 3.63) is 54.4 Å². The highest BCUT2D eigenvalue weighted by Gasteiger charge is 2.22. The van der Waals surface area contributed by atoms with Gasteiger partial charge in [0, 0.05) is 25.8 Å². The highest BCUT2D eigenvalue weighted by atomic mass is 16.2. The number of para-hydroxylation sites is 1. The van der Waals surface area contributed by atoms with Gasteiger partial charge in [-0.15, -0.1) is 0 Å². The number of carbonyl (C=O) groups is 1. The number of amides is 1. The number of anilines is 2. The smallest absolute Gasteiger partial charge is 0.272 e. The molecule has 0 radical (unpaired) electrons. The number of aromatic nitrogens is 1. The van der Waals surface area contributed by atoms with Gasteiger partial charge in [-0.3, -0.25) is 4.79 Å². The second-order valence-electron chi connectivity index (χ2n) is 6.27. The molecule has 1 aromatic carbocycles. The molecular weight excluding hydrogens is 286 g/mol. The zero-order valence-electron chi connectivity index (χ0n) is 13.8. The number of piperidine rings is 1. The highest BCUT2D eigenvalue weighted by molar-refractivity contribution is 5.92. The van der Waals surface area contributed by atoms with Crippen molar-refractivity contribution in [2.45, 2.75) is 19.8 Å². The molecule has 0 unspecified atom stereocenters. The number of rotatable bonds is 3. The summed E-state index contributed by atoms with van der Waals surface area (Å²) in [7, 11) is 2.00. The average molecular weight is 309 g/mol. The van der Waals surface area contributed by atoms with Crippen LogP contribution in [0.1, 0.15) is 30.3 Å². The lowest BCUT2D eigenvalue weighted by atomic mass is 9.99. The molecule has 4 heteroatoms. The molecule has 0 spiro atoms. The molecule has 1 saturated heterocycles. The maximum Gasteiger partial charge on any atom is 0.272 e. The Labute approximate surface area is 137 Å². The van der Waals surface area contributed by atoms with Gasteiger partial charge in [0.05, 0.1) is 11.9 Å². The van der Waals surface area contributed by atoms with Gasteiger partial charge in [-0.25, -0.2) is 4.98 Å². The van der Waals surface area contributed by atoms with Gasteiger partial charge in [0.25, 0.3) is 5.91 Å². The van der Waals surface area contributed by atoms with E-state index in [4.69, 9.17) is 0 Å². The minimum atomic E-state index is 0.0471. The van der Waals surface area contributed by atoms with E-state index in [0.717, 1.165) is 37.3 Å². The number of hydrogen-bond donors (Lipinski definition) is 0. The predicted octanol–water partition coefficient (Wildman–Crippen LogP) is 3.72. The summed E-state index contributed by atoms with van der Waals surface area (Å²) in [5.74, 6) is 0.764. The van der Waals surface area contributed by atoms with Gasteiger partial charge >= 0.3 is 0 Å². The van der Waals surface area contributed by atoms with Gasteiger partial charge in [-0.05, 0) is 43.0 Å². The van der Waals surface area contributed by atoms with E-state index >= 15 is 0 Å². The molecule has 1 fully saturated rings. The number of nitrogens with zero attached hydrogens (tertiary/aromatic N) is 3. The van der Waals surface area contributed by atoms with Gasteiger partial charge in [-0.2, -0.15) is 0 Å². The molecule has 120 valence electrons. The molecule has 0 bridgehead atoms. The number of hydrogen-bond acceptors (Lipinski definition) is 3. The standard InChI is InChI=1S/C19H23N3O/c1-15-10-12-22(13-11-15)19(23)18-9-8-17(14-20-18)21(2)16-6-4-3-5-7-16/h3-9,14-15H,10-13H2,1-2H3. The van der Waals surface area contributed by atoms with Crippen molar-refractivity contribution in [3.8, 4) is 0 Å². The van der Waals surface area contributed by atoms with Crippen molar-refractivity contribution in [2.24, 2.45) is 5.92 Å². The van der Waals surface area contributed by atoms with Crippen molar-refractivity contribution in [1.82, 2.24) is 9.88 Å². The van der Waals surface area contributed by atoms with Crippen molar-refractivity contribution < 1.29 is 4.79 Å². The summed E-state index contributed by atoms with van der Waals surface area (Å²) in [6, 6.07) is 13.9. The summed E-state index contributed by atoms with van der Waals surface area (Å²) in [5.41, 5.74) is 2.60. The maximum atomic E-state index is 12.5. The summed E-state index contributed by atoms with van der Waals surface area (Å²) in [5, 5.41) is 0. The Kier molecular flexibility index (Phi) is 4.60. The fourth-order valence-electron chi connectivity index (χ4n) is 2.89. The first-order chi connectivity index (χ1) is 11.1. The van der Waals surface area contributed by atoms with Gasteiger partial charge in [-0.1, -0.05) is 25.1 Å². The lowest BCUT2D eigenvalue weighted by molar-refractivity contribution is 0.0691. The minimum Gasteiger partial charge on any atom is -0.343 e. The molecule has 0 atom stereocenters. The quantitative estimate of drug-likeness (QED) is 0.867. The lowest BCUT2D eigenvalue weighted by Crippen LogP contribution is -2.38. The first kappa shape index (κ1) is 15.5. The Morgan fingerprint density at radius 3 is 2.39 bits per heavy atom. The van der Waals surface area contributed by atoms with Crippen molar-refractivity contribution in [2.75, 3.05) is 25.0 Å². The summed E-state index contributed by atoms with van der Waals surface area (Å²) in [6.07, 6.45) is 3.94. The highest BCUT2D eigenvalue weighted by Crippen LogP contribution is 2.23. The fraction of sp³-hybridized carbons (Fsp3) is 0.368. The molecule has 4 nitrogen and oxygen atoms in total. The first-order valence-electron chi connectivity index (χ1n) is 8.19. The minimum absolute atomic E-state index is 0.0471. The number of pyridine rings is 1. The molecule has 1 amide bonds. The van der Waals surface area contributed by atoms with E-state index in [2.05, 4.69) is 16.8 Å². The molecule has 2 aromatic rings. The van der Waals surface area contributed by atoms with Crippen LogP contribution in [0.5, 0.6) is 0 Å². The zero-order chi connectivity index (χ0) is 16.2. The molecule has 23 heavy (non-hydrogen) atoms. The largest absolute Gasteiger partial charge is 0.343 e. The molecule has 3 rings (SSSR count). The van der Waals surface area contributed by atoms with E-state index in [0.29, 0.717) is 11.6 Å². The van der Waals surface area contributed by atoms with Gasteiger partial charge in [0.1, 0.15) is 5.69 Å². The Balaban J connectivity index is 1.71. The van der Waals surface area contributed by atoms with Crippen LogP contribution < -0.4 is 4.90 Å². The van der Waals surface area contributed by atoms with E-state index in [1.165, 1.54) is 0 Å². The normalized spacial score (nSPS) is 15.5. The molecule has 1 aliphatic heterocycles. The third-order valence-electron chi connectivity index (χ3n) is 4.57. The van der Waals surface area contributed by atoms with Crippen LogP contribution in [0, 0.1) is 5.92 Å². The SMILES string of the molecule is CC1CCN(C(=O)c2ccc(N(C)c3ccccc3)cn2)CC1. The molecule has 2 heterocycles. The van der Waals surface area contributed by atoms with Crippen molar-refractivity contribution in [3.63, 3.8) is 0 Å². The third-order valence-corrected chi connectivity index (χ3v) is 4.57. The van der Waals surface area contributed by atoms with E-state index in [-0.39, 0.29) is 5.91 Å². The molecule has 0 N–H and O–H groups in total.